The lowest BCUT2D eigenvalue weighted by Crippen LogP contribution is -2.26. The average molecular weight is 394 g/mol. The minimum atomic E-state index is -0.129. The van der Waals surface area contributed by atoms with Crippen LogP contribution in [0.2, 0.25) is 5.02 Å². The second kappa shape index (κ2) is 9.43. The van der Waals surface area contributed by atoms with E-state index < -0.39 is 0 Å². The maximum absolute atomic E-state index is 12.6. The van der Waals surface area contributed by atoms with Crippen molar-refractivity contribution in [3.63, 3.8) is 0 Å². The molecule has 0 aromatic heterocycles. The van der Waals surface area contributed by atoms with Gasteiger partial charge < -0.3 is 10.1 Å². The highest BCUT2D eigenvalue weighted by Crippen LogP contribution is 2.20. The summed E-state index contributed by atoms with van der Waals surface area (Å²) in [4.78, 5) is 12.6. The Kier molecular flexibility index (Phi) is 6.72. The number of rotatable bonds is 7. The van der Waals surface area contributed by atoms with Gasteiger partial charge in [0.05, 0.1) is 6.04 Å². The van der Waals surface area contributed by atoms with Crippen molar-refractivity contribution in [1.82, 2.24) is 5.32 Å². The molecule has 4 heteroatoms. The first-order valence-electron chi connectivity index (χ1n) is 9.42. The van der Waals surface area contributed by atoms with Gasteiger partial charge in [0, 0.05) is 16.1 Å². The Labute approximate surface area is 171 Å². The Morgan fingerprint density at radius 3 is 2.50 bits per heavy atom. The van der Waals surface area contributed by atoms with E-state index in [2.05, 4.69) is 36.5 Å². The summed E-state index contributed by atoms with van der Waals surface area (Å²) in [5, 5.41) is 3.71. The summed E-state index contributed by atoms with van der Waals surface area (Å²) >= 11 is 6.16. The van der Waals surface area contributed by atoms with Crippen LogP contribution in [0, 0.1) is 0 Å². The summed E-state index contributed by atoms with van der Waals surface area (Å²) < 4.78 is 5.81. The van der Waals surface area contributed by atoms with Crippen molar-refractivity contribution in [3.8, 4) is 5.75 Å². The monoisotopic (exact) mass is 393 g/mol. The van der Waals surface area contributed by atoms with Crippen LogP contribution in [0.5, 0.6) is 5.75 Å². The van der Waals surface area contributed by atoms with E-state index in [-0.39, 0.29) is 11.9 Å². The fourth-order valence-electron chi connectivity index (χ4n) is 2.91. The molecule has 1 N–H and O–H groups in total. The van der Waals surface area contributed by atoms with Gasteiger partial charge in [0.25, 0.3) is 5.91 Å². The summed E-state index contributed by atoms with van der Waals surface area (Å²) in [7, 11) is 0. The van der Waals surface area contributed by atoms with E-state index in [1.54, 1.807) is 12.1 Å². The number of amides is 1. The lowest BCUT2D eigenvalue weighted by molar-refractivity contribution is 0.0939. The van der Waals surface area contributed by atoms with Gasteiger partial charge in [0.1, 0.15) is 12.4 Å². The van der Waals surface area contributed by atoms with E-state index >= 15 is 0 Å². The Hall–Kier alpha value is -2.78. The van der Waals surface area contributed by atoms with E-state index in [9.17, 15) is 4.79 Å². The van der Waals surface area contributed by atoms with Crippen LogP contribution >= 0.6 is 11.6 Å². The van der Waals surface area contributed by atoms with Crippen LogP contribution in [0.1, 0.15) is 46.9 Å². The molecule has 0 aliphatic heterocycles. The molecule has 3 nitrogen and oxygen atoms in total. The molecule has 28 heavy (non-hydrogen) atoms. The van der Waals surface area contributed by atoms with Crippen LogP contribution < -0.4 is 10.1 Å². The number of ether oxygens (including phenoxy) is 1. The van der Waals surface area contributed by atoms with Gasteiger partial charge >= 0.3 is 0 Å². The smallest absolute Gasteiger partial charge is 0.251 e. The molecule has 144 valence electrons. The molecule has 0 saturated heterocycles. The van der Waals surface area contributed by atoms with E-state index in [4.69, 9.17) is 16.3 Å². The molecule has 3 aromatic carbocycles. The second-order valence-electron chi connectivity index (χ2n) is 6.70. The first-order chi connectivity index (χ1) is 13.6. The number of hydrogen-bond donors (Lipinski definition) is 1. The second-order valence-corrected chi connectivity index (χ2v) is 7.11. The molecule has 0 unspecified atom stereocenters. The Balaban J connectivity index is 1.63. The molecular weight excluding hydrogens is 370 g/mol. The SMILES string of the molecule is CCc1ccc([C@H](C)NC(=O)c2cccc(OCc3ccccc3Cl)c2)cc1. The molecule has 3 rings (SSSR count). The molecule has 1 atom stereocenters. The van der Waals surface area contributed by atoms with Gasteiger partial charge in [-0.1, -0.05) is 67.1 Å². The molecule has 0 spiro atoms. The molecule has 0 heterocycles. The Morgan fingerprint density at radius 2 is 1.79 bits per heavy atom. The van der Waals surface area contributed by atoms with Gasteiger partial charge in [-0.25, -0.2) is 0 Å². The number of hydrogen-bond acceptors (Lipinski definition) is 2. The Morgan fingerprint density at radius 1 is 1.04 bits per heavy atom. The molecule has 0 bridgehead atoms. The number of benzene rings is 3. The van der Waals surface area contributed by atoms with Crippen molar-refractivity contribution in [1.29, 1.82) is 0 Å². The minimum absolute atomic E-state index is 0.0777. The third-order valence-corrected chi connectivity index (χ3v) is 5.05. The topological polar surface area (TPSA) is 38.3 Å². The highest BCUT2D eigenvalue weighted by atomic mass is 35.5. The third kappa shape index (κ3) is 5.14. The normalized spacial score (nSPS) is 11.7. The fourth-order valence-corrected chi connectivity index (χ4v) is 3.10. The van der Waals surface area contributed by atoms with E-state index in [0.717, 1.165) is 17.5 Å². The fraction of sp³-hybridized carbons (Fsp3) is 0.208. The van der Waals surface area contributed by atoms with Crippen LogP contribution in [0.3, 0.4) is 0 Å². The molecule has 0 saturated carbocycles. The predicted molar refractivity (Wildman–Crippen MR) is 114 cm³/mol. The molecule has 0 fully saturated rings. The largest absolute Gasteiger partial charge is 0.489 e. The van der Waals surface area contributed by atoms with Crippen LogP contribution in [-0.4, -0.2) is 5.91 Å². The van der Waals surface area contributed by atoms with Crippen LogP contribution in [0.15, 0.2) is 72.8 Å². The zero-order chi connectivity index (χ0) is 19.9. The average Bonchev–Trinajstić information content (AvgIpc) is 2.73. The quantitative estimate of drug-likeness (QED) is 0.536. The summed E-state index contributed by atoms with van der Waals surface area (Å²) in [6.07, 6.45) is 1.00. The van der Waals surface area contributed by atoms with Gasteiger partial charge in [-0.3, -0.25) is 4.79 Å². The predicted octanol–water partition coefficient (Wildman–Crippen LogP) is 5.97. The first-order valence-corrected chi connectivity index (χ1v) is 9.80. The van der Waals surface area contributed by atoms with Gasteiger partial charge in [-0.05, 0) is 48.7 Å². The number of halogens is 1. The van der Waals surface area contributed by atoms with Crippen molar-refractivity contribution < 1.29 is 9.53 Å². The molecular formula is C24H24ClNO2. The van der Waals surface area contributed by atoms with Crippen LogP contribution in [0.25, 0.3) is 0 Å². The lowest BCUT2D eigenvalue weighted by atomic mass is 10.0. The standard InChI is InChI=1S/C24H24ClNO2/c1-3-18-11-13-19(14-12-18)17(2)26-24(27)20-8-6-9-22(15-20)28-16-21-7-4-5-10-23(21)25/h4-15,17H,3,16H2,1-2H3,(H,26,27)/t17-/m0/s1. The number of aryl methyl sites for hydroxylation is 1. The lowest BCUT2D eigenvalue weighted by Gasteiger charge is -2.15. The third-order valence-electron chi connectivity index (χ3n) is 4.68. The molecule has 3 aromatic rings. The van der Waals surface area contributed by atoms with E-state index in [1.807, 2.05) is 43.3 Å². The van der Waals surface area contributed by atoms with Crippen molar-refractivity contribution in [2.75, 3.05) is 0 Å². The summed E-state index contributed by atoms with van der Waals surface area (Å²) in [6, 6.07) is 23.0. The zero-order valence-corrected chi connectivity index (χ0v) is 16.9. The summed E-state index contributed by atoms with van der Waals surface area (Å²) in [5.74, 6) is 0.503. The first kappa shape index (κ1) is 20.0. The van der Waals surface area contributed by atoms with Gasteiger partial charge in [0.2, 0.25) is 0 Å². The molecule has 0 aliphatic carbocycles. The highest BCUT2D eigenvalue weighted by Gasteiger charge is 2.12. The van der Waals surface area contributed by atoms with Crippen molar-refractivity contribution >= 4 is 17.5 Å². The minimum Gasteiger partial charge on any atom is -0.489 e. The van der Waals surface area contributed by atoms with Crippen LogP contribution in [-0.2, 0) is 13.0 Å². The van der Waals surface area contributed by atoms with Crippen molar-refractivity contribution in [2.45, 2.75) is 32.9 Å². The highest BCUT2D eigenvalue weighted by molar-refractivity contribution is 6.31. The van der Waals surface area contributed by atoms with E-state index in [0.29, 0.717) is 22.9 Å². The molecule has 0 aliphatic rings. The van der Waals surface area contributed by atoms with Gasteiger partial charge in [-0.15, -0.1) is 0 Å². The van der Waals surface area contributed by atoms with Crippen molar-refractivity contribution in [3.05, 3.63) is 100 Å². The zero-order valence-electron chi connectivity index (χ0n) is 16.1. The molecule has 1 amide bonds. The number of carbonyl (C=O) groups is 1. The maximum atomic E-state index is 12.6. The molecule has 0 radical (unpaired) electrons. The van der Waals surface area contributed by atoms with E-state index in [1.165, 1.54) is 5.56 Å². The van der Waals surface area contributed by atoms with Crippen LogP contribution in [0.4, 0.5) is 0 Å². The summed E-state index contributed by atoms with van der Waals surface area (Å²) in [5.41, 5.74) is 3.83. The Bertz CT molecular complexity index is 937. The summed E-state index contributed by atoms with van der Waals surface area (Å²) in [6.45, 7) is 4.46. The maximum Gasteiger partial charge on any atom is 0.251 e. The number of carbonyl (C=O) groups excluding carboxylic acids is 1. The van der Waals surface area contributed by atoms with Gasteiger partial charge in [-0.2, -0.15) is 0 Å². The number of nitrogens with one attached hydrogen (secondary N) is 1. The van der Waals surface area contributed by atoms with Gasteiger partial charge in [0.15, 0.2) is 0 Å². The van der Waals surface area contributed by atoms with Crippen molar-refractivity contribution in [2.24, 2.45) is 0 Å².